The van der Waals surface area contributed by atoms with Crippen molar-refractivity contribution in [3.8, 4) is 11.3 Å². The summed E-state index contributed by atoms with van der Waals surface area (Å²) < 4.78 is 2.89. The van der Waals surface area contributed by atoms with E-state index in [0.29, 0.717) is 0 Å². The summed E-state index contributed by atoms with van der Waals surface area (Å²) in [7, 11) is 1.96. The van der Waals surface area contributed by atoms with Gasteiger partial charge in [-0.1, -0.05) is 0 Å². The number of hydrogen-bond donors (Lipinski definition) is 0. The Hall–Kier alpha value is -1.16. The van der Waals surface area contributed by atoms with Gasteiger partial charge in [-0.05, 0) is 40.4 Å². The first-order valence-corrected chi connectivity index (χ1v) is 5.70. The highest BCUT2D eigenvalue weighted by atomic mass is 79.9. The van der Waals surface area contributed by atoms with E-state index in [9.17, 15) is 0 Å². The van der Waals surface area contributed by atoms with Gasteiger partial charge in [0.1, 0.15) is 0 Å². The zero-order valence-corrected chi connectivity index (χ0v) is 9.95. The highest BCUT2D eigenvalue weighted by Gasteiger charge is 2.20. The molecular formula is C11H10BrN3. The average Bonchev–Trinajstić information content (AvgIpc) is 2.58. The maximum absolute atomic E-state index is 4.49. The van der Waals surface area contributed by atoms with Crippen molar-refractivity contribution in [3.05, 3.63) is 34.2 Å². The van der Waals surface area contributed by atoms with Crippen LogP contribution < -0.4 is 0 Å². The molecular weight excluding hydrogens is 254 g/mol. The number of aromatic nitrogens is 3. The van der Waals surface area contributed by atoms with Crippen LogP contribution in [-0.2, 0) is 19.9 Å². The van der Waals surface area contributed by atoms with E-state index in [2.05, 4.69) is 38.3 Å². The third kappa shape index (κ3) is 1.40. The van der Waals surface area contributed by atoms with Gasteiger partial charge < -0.3 is 0 Å². The molecule has 0 atom stereocenters. The molecule has 76 valence electrons. The summed E-state index contributed by atoms with van der Waals surface area (Å²) in [4.78, 5) is 4.43. The van der Waals surface area contributed by atoms with Gasteiger partial charge in [0.15, 0.2) is 0 Å². The summed E-state index contributed by atoms with van der Waals surface area (Å²) in [5.74, 6) is 0. The van der Waals surface area contributed by atoms with E-state index in [1.54, 1.807) is 0 Å². The minimum atomic E-state index is 1.01. The zero-order chi connectivity index (χ0) is 10.4. The lowest BCUT2D eigenvalue weighted by Gasteiger charge is -2.13. The van der Waals surface area contributed by atoms with E-state index in [-0.39, 0.29) is 0 Å². The molecule has 0 unspecified atom stereocenters. The van der Waals surface area contributed by atoms with Crippen molar-refractivity contribution in [2.75, 3.05) is 0 Å². The second kappa shape index (κ2) is 3.17. The van der Waals surface area contributed by atoms with E-state index < -0.39 is 0 Å². The Balaban J connectivity index is 2.27. The Labute approximate surface area is 96.3 Å². The van der Waals surface area contributed by atoms with Gasteiger partial charge in [0, 0.05) is 29.5 Å². The Morgan fingerprint density at radius 3 is 3.13 bits per heavy atom. The summed E-state index contributed by atoms with van der Waals surface area (Å²) in [5, 5.41) is 4.49. The highest BCUT2D eigenvalue weighted by Crippen LogP contribution is 2.32. The third-order valence-electron chi connectivity index (χ3n) is 2.73. The van der Waals surface area contributed by atoms with Gasteiger partial charge in [-0.3, -0.25) is 9.67 Å². The molecule has 0 bridgehead atoms. The zero-order valence-electron chi connectivity index (χ0n) is 8.37. The molecule has 0 fully saturated rings. The first kappa shape index (κ1) is 9.09. The monoisotopic (exact) mass is 263 g/mol. The number of rotatable bonds is 0. The quantitative estimate of drug-likeness (QED) is 0.731. The molecule has 1 aliphatic carbocycles. The minimum absolute atomic E-state index is 1.01. The fourth-order valence-corrected chi connectivity index (χ4v) is 2.40. The van der Waals surface area contributed by atoms with E-state index in [4.69, 9.17) is 0 Å². The molecule has 3 nitrogen and oxygen atoms in total. The van der Waals surface area contributed by atoms with Gasteiger partial charge in [-0.15, -0.1) is 0 Å². The van der Waals surface area contributed by atoms with Crippen LogP contribution in [0.3, 0.4) is 0 Å². The van der Waals surface area contributed by atoms with Crippen LogP contribution in [0.4, 0.5) is 0 Å². The Kier molecular flexibility index (Phi) is 1.92. The van der Waals surface area contributed by atoms with Crippen LogP contribution in [0.5, 0.6) is 0 Å². The van der Waals surface area contributed by atoms with E-state index in [0.717, 1.165) is 28.7 Å². The second-order valence-electron chi connectivity index (χ2n) is 3.82. The molecule has 2 heterocycles. The standard InChI is InChI=1S/C11H10BrN3/c1-15-6-7-2-3-10-9(11(7)14-15)4-8(12)5-13-10/h4-6H,2-3H2,1H3. The molecule has 0 N–H and O–H groups in total. The van der Waals surface area contributed by atoms with Crippen molar-refractivity contribution in [2.45, 2.75) is 12.8 Å². The molecule has 0 spiro atoms. The summed E-state index contributed by atoms with van der Waals surface area (Å²) in [6, 6.07) is 2.10. The molecule has 15 heavy (non-hydrogen) atoms. The summed E-state index contributed by atoms with van der Waals surface area (Å²) >= 11 is 3.45. The fourth-order valence-electron chi connectivity index (χ4n) is 2.07. The largest absolute Gasteiger partial charge is 0.275 e. The van der Waals surface area contributed by atoms with Gasteiger partial charge >= 0.3 is 0 Å². The molecule has 0 amide bonds. The van der Waals surface area contributed by atoms with Crippen molar-refractivity contribution in [3.63, 3.8) is 0 Å². The molecule has 0 aromatic carbocycles. The average molecular weight is 264 g/mol. The summed E-state index contributed by atoms with van der Waals surface area (Å²) in [6.45, 7) is 0. The van der Waals surface area contributed by atoms with Gasteiger partial charge in [-0.25, -0.2) is 0 Å². The fraction of sp³-hybridized carbons (Fsp3) is 0.273. The molecule has 4 heteroatoms. The van der Waals surface area contributed by atoms with Crippen LogP contribution in [0, 0.1) is 0 Å². The smallest absolute Gasteiger partial charge is 0.0973 e. The van der Waals surface area contributed by atoms with Gasteiger partial charge in [-0.2, -0.15) is 5.10 Å². The minimum Gasteiger partial charge on any atom is -0.275 e. The SMILES string of the molecule is Cn1cc2c(n1)-c1cc(Br)cnc1CC2. The number of fused-ring (bicyclic) bond motifs is 3. The molecule has 1 aliphatic rings. The van der Waals surface area contributed by atoms with Crippen LogP contribution in [-0.4, -0.2) is 14.8 Å². The predicted molar refractivity (Wildman–Crippen MR) is 61.5 cm³/mol. The lowest BCUT2D eigenvalue weighted by Crippen LogP contribution is -2.04. The normalized spacial score (nSPS) is 13.5. The molecule has 0 aliphatic heterocycles. The molecule has 3 rings (SSSR count). The summed E-state index contributed by atoms with van der Waals surface area (Å²) in [6.07, 6.45) is 6.01. The first-order chi connectivity index (χ1) is 7.24. The summed E-state index contributed by atoms with van der Waals surface area (Å²) in [5.41, 5.74) is 4.74. The van der Waals surface area contributed by atoms with Crippen molar-refractivity contribution in [2.24, 2.45) is 7.05 Å². The van der Waals surface area contributed by atoms with Crippen molar-refractivity contribution in [1.82, 2.24) is 14.8 Å². The Morgan fingerprint density at radius 1 is 1.40 bits per heavy atom. The predicted octanol–water partition coefficient (Wildman–Crippen LogP) is 2.34. The lowest BCUT2D eigenvalue weighted by molar-refractivity contribution is 0.770. The van der Waals surface area contributed by atoms with Gasteiger partial charge in [0.05, 0.1) is 11.4 Å². The Morgan fingerprint density at radius 2 is 2.27 bits per heavy atom. The van der Waals surface area contributed by atoms with Crippen LogP contribution in [0.2, 0.25) is 0 Å². The van der Waals surface area contributed by atoms with Crippen molar-refractivity contribution >= 4 is 15.9 Å². The van der Waals surface area contributed by atoms with Crippen molar-refractivity contribution in [1.29, 1.82) is 0 Å². The maximum atomic E-state index is 4.49. The maximum Gasteiger partial charge on any atom is 0.0973 e. The third-order valence-corrected chi connectivity index (χ3v) is 3.16. The van der Waals surface area contributed by atoms with E-state index >= 15 is 0 Å². The number of pyridine rings is 1. The lowest BCUT2D eigenvalue weighted by atomic mass is 9.95. The molecule has 0 radical (unpaired) electrons. The molecule has 2 aromatic heterocycles. The van der Waals surface area contributed by atoms with Crippen LogP contribution in [0.25, 0.3) is 11.3 Å². The van der Waals surface area contributed by atoms with Gasteiger partial charge in [0.25, 0.3) is 0 Å². The first-order valence-electron chi connectivity index (χ1n) is 4.91. The molecule has 2 aromatic rings. The van der Waals surface area contributed by atoms with Crippen LogP contribution >= 0.6 is 15.9 Å². The van der Waals surface area contributed by atoms with Crippen LogP contribution in [0.1, 0.15) is 11.3 Å². The number of aryl methyl sites for hydroxylation is 3. The van der Waals surface area contributed by atoms with E-state index in [1.165, 1.54) is 11.1 Å². The molecule has 0 saturated heterocycles. The number of hydrogen-bond acceptors (Lipinski definition) is 2. The van der Waals surface area contributed by atoms with Crippen molar-refractivity contribution < 1.29 is 0 Å². The van der Waals surface area contributed by atoms with Crippen LogP contribution in [0.15, 0.2) is 22.9 Å². The molecule has 0 saturated carbocycles. The van der Waals surface area contributed by atoms with E-state index in [1.807, 2.05) is 17.9 Å². The second-order valence-corrected chi connectivity index (χ2v) is 4.74. The highest BCUT2D eigenvalue weighted by molar-refractivity contribution is 9.10. The Bertz CT molecular complexity index is 531. The number of nitrogens with zero attached hydrogens (tertiary/aromatic N) is 3. The number of halogens is 1. The van der Waals surface area contributed by atoms with Gasteiger partial charge in [0.2, 0.25) is 0 Å². The topological polar surface area (TPSA) is 30.7 Å².